The molecule has 0 saturated heterocycles. The second kappa shape index (κ2) is 4.52. The molecule has 1 N–H and O–H groups in total. The van der Waals surface area contributed by atoms with Crippen molar-refractivity contribution in [1.29, 1.82) is 0 Å². The molecular weight excluding hydrogens is 230 g/mol. The number of ether oxygens (including phenoxy) is 2. The molecule has 2 aliphatic rings. The Kier molecular flexibility index (Phi) is 2.86. The average Bonchev–Trinajstić information content (AvgIpc) is 3.11. The lowest BCUT2D eigenvalue weighted by atomic mass is 10.2. The summed E-state index contributed by atoms with van der Waals surface area (Å²) in [7, 11) is 0. The maximum Gasteiger partial charge on any atom is 0.227 e. The van der Waals surface area contributed by atoms with Crippen molar-refractivity contribution in [2.24, 2.45) is 11.8 Å². The van der Waals surface area contributed by atoms with Gasteiger partial charge in [-0.2, -0.15) is 0 Å². The lowest BCUT2D eigenvalue weighted by Crippen LogP contribution is -2.14. The van der Waals surface area contributed by atoms with Crippen molar-refractivity contribution in [1.82, 2.24) is 0 Å². The van der Waals surface area contributed by atoms with E-state index in [1.54, 1.807) is 0 Å². The topological polar surface area (TPSA) is 47.6 Å². The Labute approximate surface area is 106 Å². The van der Waals surface area contributed by atoms with Gasteiger partial charge in [-0.1, -0.05) is 6.92 Å². The van der Waals surface area contributed by atoms with Gasteiger partial charge in [-0.25, -0.2) is 0 Å². The first-order chi connectivity index (χ1) is 8.74. The summed E-state index contributed by atoms with van der Waals surface area (Å²) >= 11 is 0. The van der Waals surface area contributed by atoms with E-state index >= 15 is 0 Å². The van der Waals surface area contributed by atoms with Gasteiger partial charge >= 0.3 is 0 Å². The smallest absolute Gasteiger partial charge is 0.227 e. The fraction of sp³-hybridized carbons (Fsp3) is 0.500. The summed E-state index contributed by atoms with van der Waals surface area (Å²) in [6, 6.07) is 5.55. The fourth-order valence-corrected chi connectivity index (χ4v) is 2.16. The van der Waals surface area contributed by atoms with Gasteiger partial charge in [0.15, 0.2) is 11.5 Å². The Balaban J connectivity index is 1.73. The maximum atomic E-state index is 11.8. The molecule has 0 bridgehead atoms. The number of amides is 1. The van der Waals surface area contributed by atoms with Crippen LogP contribution in [0, 0.1) is 11.8 Å². The molecule has 18 heavy (non-hydrogen) atoms. The van der Waals surface area contributed by atoms with Crippen LogP contribution >= 0.6 is 0 Å². The Morgan fingerprint density at radius 3 is 2.72 bits per heavy atom. The molecule has 4 heteroatoms. The summed E-state index contributed by atoms with van der Waals surface area (Å²) in [6.07, 6.45) is 1.88. The number of hydrogen-bond donors (Lipinski definition) is 1. The minimum Gasteiger partial charge on any atom is -0.490 e. The molecule has 1 fully saturated rings. The van der Waals surface area contributed by atoms with Crippen LogP contribution in [-0.2, 0) is 4.79 Å². The summed E-state index contributed by atoms with van der Waals surface area (Å²) in [4.78, 5) is 11.8. The molecule has 1 aliphatic carbocycles. The first kappa shape index (κ1) is 11.4. The lowest BCUT2D eigenvalue weighted by Gasteiger charge is -2.10. The van der Waals surface area contributed by atoms with Crippen LogP contribution < -0.4 is 14.8 Å². The van der Waals surface area contributed by atoms with Crippen LogP contribution in [0.25, 0.3) is 0 Å². The van der Waals surface area contributed by atoms with Gasteiger partial charge in [0.2, 0.25) is 5.91 Å². The van der Waals surface area contributed by atoms with Crippen LogP contribution in [0.5, 0.6) is 11.5 Å². The van der Waals surface area contributed by atoms with Crippen molar-refractivity contribution in [3.8, 4) is 11.5 Å². The predicted molar refractivity (Wildman–Crippen MR) is 67.9 cm³/mol. The second-order valence-corrected chi connectivity index (χ2v) is 5.02. The van der Waals surface area contributed by atoms with E-state index in [1.165, 1.54) is 0 Å². The van der Waals surface area contributed by atoms with E-state index in [2.05, 4.69) is 12.2 Å². The van der Waals surface area contributed by atoms with Crippen molar-refractivity contribution < 1.29 is 14.3 Å². The fourth-order valence-electron chi connectivity index (χ4n) is 2.16. The molecule has 3 rings (SSSR count). The van der Waals surface area contributed by atoms with Crippen molar-refractivity contribution in [3.05, 3.63) is 18.2 Å². The molecule has 0 radical (unpaired) electrons. The molecular formula is C14H17NO3. The van der Waals surface area contributed by atoms with Crippen molar-refractivity contribution in [2.45, 2.75) is 19.8 Å². The summed E-state index contributed by atoms with van der Waals surface area (Å²) < 4.78 is 11.1. The standard InChI is InChI=1S/C14H17NO3/c1-9-7-11(9)14(16)15-10-3-4-12-13(8-10)18-6-2-5-17-12/h3-4,8-9,11H,2,5-7H2,1H3,(H,15,16)/t9-,11+/m0/s1. The van der Waals surface area contributed by atoms with Gasteiger partial charge in [0, 0.05) is 24.1 Å². The molecule has 96 valence electrons. The van der Waals surface area contributed by atoms with Gasteiger partial charge in [0.25, 0.3) is 0 Å². The minimum absolute atomic E-state index is 0.108. The number of nitrogens with one attached hydrogen (secondary N) is 1. The minimum atomic E-state index is 0.108. The molecule has 1 heterocycles. The monoisotopic (exact) mass is 247 g/mol. The second-order valence-electron chi connectivity index (χ2n) is 5.02. The average molecular weight is 247 g/mol. The Morgan fingerprint density at radius 1 is 1.28 bits per heavy atom. The number of carbonyl (C=O) groups is 1. The zero-order valence-electron chi connectivity index (χ0n) is 10.4. The highest BCUT2D eigenvalue weighted by molar-refractivity contribution is 5.94. The molecule has 4 nitrogen and oxygen atoms in total. The van der Waals surface area contributed by atoms with Gasteiger partial charge in [0.1, 0.15) is 0 Å². The maximum absolute atomic E-state index is 11.8. The summed E-state index contributed by atoms with van der Waals surface area (Å²) in [5.74, 6) is 2.28. The molecule has 0 aromatic heterocycles. The molecule has 1 amide bonds. The first-order valence-electron chi connectivity index (χ1n) is 6.44. The number of hydrogen-bond acceptors (Lipinski definition) is 3. The third-order valence-electron chi connectivity index (χ3n) is 3.46. The van der Waals surface area contributed by atoms with Gasteiger partial charge in [-0.3, -0.25) is 4.79 Å². The lowest BCUT2D eigenvalue weighted by molar-refractivity contribution is -0.117. The van der Waals surface area contributed by atoms with Crippen molar-refractivity contribution in [3.63, 3.8) is 0 Å². The molecule has 0 unspecified atom stereocenters. The SMILES string of the molecule is C[C@H]1C[C@H]1C(=O)Nc1ccc2c(c1)OCCCO2. The van der Waals surface area contributed by atoms with Crippen LogP contribution in [-0.4, -0.2) is 19.1 Å². The third kappa shape index (κ3) is 2.28. The third-order valence-corrected chi connectivity index (χ3v) is 3.46. The number of carbonyl (C=O) groups excluding carboxylic acids is 1. The van der Waals surface area contributed by atoms with Crippen LogP contribution in [0.2, 0.25) is 0 Å². The van der Waals surface area contributed by atoms with Crippen molar-refractivity contribution in [2.75, 3.05) is 18.5 Å². The van der Waals surface area contributed by atoms with Gasteiger partial charge < -0.3 is 14.8 Å². The highest BCUT2D eigenvalue weighted by Gasteiger charge is 2.39. The Hall–Kier alpha value is -1.71. The first-order valence-corrected chi connectivity index (χ1v) is 6.44. The largest absolute Gasteiger partial charge is 0.490 e. The Bertz CT molecular complexity index is 472. The van der Waals surface area contributed by atoms with E-state index in [9.17, 15) is 4.79 Å². The van der Waals surface area contributed by atoms with Crippen molar-refractivity contribution >= 4 is 11.6 Å². The highest BCUT2D eigenvalue weighted by atomic mass is 16.5. The van der Waals surface area contributed by atoms with Crippen LogP contribution in [0.1, 0.15) is 19.8 Å². The highest BCUT2D eigenvalue weighted by Crippen LogP contribution is 2.39. The van der Waals surface area contributed by atoms with E-state index in [0.29, 0.717) is 24.9 Å². The molecule has 0 spiro atoms. The molecule has 1 aromatic rings. The summed E-state index contributed by atoms with van der Waals surface area (Å²) in [5, 5.41) is 2.93. The van der Waals surface area contributed by atoms with E-state index < -0.39 is 0 Å². The summed E-state index contributed by atoms with van der Waals surface area (Å²) in [6.45, 7) is 3.43. The van der Waals surface area contributed by atoms with Crippen LogP contribution in [0.15, 0.2) is 18.2 Å². The number of rotatable bonds is 2. The summed E-state index contributed by atoms with van der Waals surface area (Å²) in [5.41, 5.74) is 0.781. The van der Waals surface area contributed by atoms with Crippen LogP contribution in [0.3, 0.4) is 0 Å². The molecule has 1 saturated carbocycles. The molecule has 1 aliphatic heterocycles. The van der Waals surface area contributed by atoms with E-state index in [4.69, 9.17) is 9.47 Å². The zero-order valence-corrected chi connectivity index (χ0v) is 10.4. The molecule has 1 aromatic carbocycles. The quantitative estimate of drug-likeness (QED) is 0.873. The molecule has 2 atom stereocenters. The van der Waals surface area contributed by atoms with E-state index in [1.807, 2.05) is 18.2 Å². The number of fused-ring (bicyclic) bond motifs is 1. The number of anilines is 1. The predicted octanol–water partition coefficient (Wildman–Crippen LogP) is 2.44. The number of benzene rings is 1. The van der Waals surface area contributed by atoms with E-state index in [0.717, 1.165) is 24.3 Å². The van der Waals surface area contributed by atoms with E-state index in [-0.39, 0.29) is 11.8 Å². The zero-order chi connectivity index (χ0) is 12.5. The Morgan fingerprint density at radius 2 is 2.00 bits per heavy atom. The van der Waals surface area contributed by atoms with Gasteiger partial charge in [0.05, 0.1) is 13.2 Å². The van der Waals surface area contributed by atoms with Gasteiger partial charge in [-0.05, 0) is 24.5 Å². The normalized spacial score (nSPS) is 25.2. The van der Waals surface area contributed by atoms with Crippen LogP contribution in [0.4, 0.5) is 5.69 Å². The van der Waals surface area contributed by atoms with Gasteiger partial charge in [-0.15, -0.1) is 0 Å².